The summed E-state index contributed by atoms with van der Waals surface area (Å²) in [6.07, 6.45) is 2.03. The number of likely N-dealkylation sites (tertiary alicyclic amines) is 1. The summed E-state index contributed by atoms with van der Waals surface area (Å²) in [4.78, 5) is 19.9. The third-order valence-corrected chi connectivity index (χ3v) is 6.36. The van der Waals surface area contributed by atoms with Crippen molar-refractivity contribution in [2.75, 3.05) is 19.7 Å². The lowest BCUT2D eigenvalue weighted by Crippen LogP contribution is -2.42. The molecule has 0 N–H and O–H groups in total. The summed E-state index contributed by atoms with van der Waals surface area (Å²) in [5.41, 5.74) is 2.19. The summed E-state index contributed by atoms with van der Waals surface area (Å²) in [5.74, 6) is 2.10. The Morgan fingerprint density at radius 3 is 2.69 bits per heavy atom. The van der Waals surface area contributed by atoms with Gasteiger partial charge in [-0.25, -0.2) is 4.98 Å². The number of amides is 1. The summed E-state index contributed by atoms with van der Waals surface area (Å²) in [5, 5.41) is 2.28. The first-order valence-electron chi connectivity index (χ1n) is 11.5. The van der Waals surface area contributed by atoms with Gasteiger partial charge in [-0.05, 0) is 61.7 Å². The average Bonchev–Trinajstić information content (AvgIpc) is 3.22. The van der Waals surface area contributed by atoms with Crippen LogP contribution in [0.5, 0.6) is 5.75 Å². The fourth-order valence-corrected chi connectivity index (χ4v) is 4.80. The van der Waals surface area contributed by atoms with E-state index in [0.717, 1.165) is 47.2 Å². The lowest BCUT2D eigenvalue weighted by Gasteiger charge is -2.33. The molecule has 1 atom stereocenters. The van der Waals surface area contributed by atoms with E-state index in [-0.39, 0.29) is 18.4 Å². The molecule has 3 aromatic carbocycles. The van der Waals surface area contributed by atoms with Gasteiger partial charge >= 0.3 is 0 Å². The van der Waals surface area contributed by atoms with E-state index in [4.69, 9.17) is 9.72 Å². The summed E-state index contributed by atoms with van der Waals surface area (Å²) < 4.78 is 8.20. The number of carbonyl (C=O) groups is 1. The monoisotopic (exact) mass is 427 g/mol. The molecule has 0 aliphatic carbocycles. The maximum atomic E-state index is 13.0. The number of para-hydroxylation sites is 2. The molecule has 2 heterocycles. The largest absolute Gasteiger partial charge is 0.484 e. The van der Waals surface area contributed by atoms with Crippen molar-refractivity contribution in [2.24, 2.45) is 0 Å². The van der Waals surface area contributed by atoms with Crippen LogP contribution in [0.3, 0.4) is 0 Å². The normalized spacial score (nSPS) is 16.7. The van der Waals surface area contributed by atoms with Gasteiger partial charge in [0.1, 0.15) is 11.6 Å². The molecule has 32 heavy (non-hydrogen) atoms. The van der Waals surface area contributed by atoms with E-state index in [1.165, 1.54) is 5.52 Å². The third-order valence-electron chi connectivity index (χ3n) is 6.36. The molecule has 0 radical (unpaired) electrons. The second-order valence-corrected chi connectivity index (χ2v) is 8.90. The first-order chi connectivity index (χ1) is 15.6. The molecular weight excluding hydrogens is 398 g/mol. The molecule has 1 aliphatic heterocycles. The Hall–Kier alpha value is -3.34. The van der Waals surface area contributed by atoms with Gasteiger partial charge in [-0.2, -0.15) is 0 Å². The summed E-state index contributed by atoms with van der Waals surface area (Å²) in [7, 11) is 0. The zero-order valence-corrected chi connectivity index (χ0v) is 18.7. The van der Waals surface area contributed by atoms with Crippen LogP contribution in [0.2, 0.25) is 0 Å². The first kappa shape index (κ1) is 20.6. The number of imidazole rings is 1. The van der Waals surface area contributed by atoms with E-state index in [2.05, 4.69) is 48.7 Å². The SMILES string of the molecule is CC(C)n1c(C2CCCN(C(=O)COc3ccc4ccccc4c3)C2)nc2ccccc21. The van der Waals surface area contributed by atoms with E-state index < -0.39 is 0 Å². The van der Waals surface area contributed by atoms with Crippen LogP contribution in [0.15, 0.2) is 66.7 Å². The number of rotatable bonds is 5. The van der Waals surface area contributed by atoms with Gasteiger partial charge in [0.05, 0.1) is 11.0 Å². The van der Waals surface area contributed by atoms with Crippen molar-refractivity contribution >= 4 is 27.7 Å². The van der Waals surface area contributed by atoms with Gasteiger partial charge in [0.15, 0.2) is 6.61 Å². The number of hydrogen-bond acceptors (Lipinski definition) is 3. The number of piperidine rings is 1. The third kappa shape index (κ3) is 3.95. The Balaban J connectivity index is 1.30. The number of hydrogen-bond donors (Lipinski definition) is 0. The molecule has 164 valence electrons. The number of fused-ring (bicyclic) bond motifs is 2. The number of benzene rings is 3. The number of aromatic nitrogens is 2. The second kappa shape index (κ2) is 8.65. The van der Waals surface area contributed by atoms with Gasteiger partial charge in [0.2, 0.25) is 0 Å². The Morgan fingerprint density at radius 1 is 1.06 bits per heavy atom. The van der Waals surface area contributed by atoms with Crippen molar-refractivity contribution in [2.45, 2.75) is 38.6 Å². The molecule has 0 bridgehead atoms. The molecule has 5 rings (SSSR count). The number of ether oxygens (including phenoxy) is 1. The highest BCUT2D eigenvalue weighted by Gasteiger charge is 2.29. The Kier molecular flexibility index (Phi) is 5.56. The number of nitrogens with zero attached hydrogens (tertiary/aromatic N) is 3. The lowest BCUT2D eigenvalue weighted by molar-refractivity contribution is -0.134. The Labute approximate surface area is 188 Å². The van der Waals surface area contributed by atoms with Crippen molar-refractivity contribution in [1.82, 2.24) is 14.5 Å². The van der Waals surface area contributed by atoms with Crippen molar-refractivity contribution in [1.29, 1.82) is 0 Å². The fraction of sp³-hybridized carbons (Fsp3) is 0.333. The van der Waals surface area contributed by atoms with Crippen molar-refractivity contribution < 1.29 is 9.53 Å². The zero-order chi connectivity index (χ0) is 22.1. The minimum absolute atomic E-state index is 0.0371. The molecule has 5 heteroatoms. The quantitative estimate of drug-likeness (QED) is 0.419. The van der Waals surface area contributed by atoms with Crippen LogP contribution in [0.1, 0.15) is 44.5 Å². The van der Waals surface area contributed by atoms with Crippen LogP contribution in [0.4, 0.5) is 0 Å². The van der Waals surface area contributed by atoms with Gasteiger partial charge < -0.3 is 14.2 Å². The molecule has 1 fully saturated rings. The standard InChI is InChI=1S/C27H29N3O2/c1-19(2)30-25-12-6-5-11-24(25)28-27(30)22-10-7-15-29(17-22)26(31)18-32-23-14-13-20-8-3-4-9-21(20)16-23/h3-6,8-9,11-14,16,19,22H,7,10,15,17-18H2,1-2H3. The molecule has 0 saturated carbocycles. The molecular formula is C27H29N3O2. The maximum Gasteiger partial charge on any atom is 0.260 e. The van der Waals surface area contributed by atoms with E-state index >= 15 is 0 Å². The van der Waals surface area contributed by atoms with Crippen LogP contribution in [-0.2, 0) is 4.79 Å². The minimum atomic E-state index is 0.0371. The first-order valence-corrected chi connectivity index (χ1v) is 11.5. The van der Waals surface area contributed by atoms with Gasteiger partial charge in [-0.1, -0.05) is 42.5 Å². The maximum absolute atomic E-state index is 13.0. The van der Waals surface area contributed by atoms with Crippen molar-refractivity contribution in [3.05, 3.63) is 72.6 Å². The highest BCUT2D eigenvalue weighted by molar-refractivity contribution is 5.84. The molecule has 0 spiro atoms. The van der Waals surface area contributed by atoms with Gasteiger partial charge in [0.25, 0.3) is 5.91 Å². The molecule has 1 amide bonds. The molecule has 5 nitrogen and oxygen atoms in total. The van der Waals surface area contributed by atoms with E-state index in [9.17, 15) is 4.79 Å². The smallest absolute Gasteiger partial charge is 0.260 e. The summed E-state index contributed by atoms with van der Waals surface area (Å²) >= 11 is 0. The zero-order valence-electron chi connectivity index (χ0n) is 18.7. The van der Waals surface area contributed by atoms with Crippen LogP contribution < -0.4 is 4.74 Å². The van der Waals surface area contributed by atoms with Crippen molar-refractivity contribution in [3.8, 4) is 5.75 Å². The molecule has 1 aliphatic rings. The molecule has 1 unspecified atom stereocenters. The van der Waals surface area contributed by atoms with Crippen LogP contribution in [0, 0.1) is 0 Å². The minimum Gasteiger partial charge on any atom is -0.484 e. The molecule has 1 aromatic heterocycles. The number of carbonyl (C=O) groups excluding carboxylic acids is 1. The Bertz CT molecular complexity index is 1260. The Morgan fingerprint density at radius 2 is 1.84 bits per heavy atom. The predicted molar refractivity (Wildman–Crippen MR) is 128 cm³/mol. The fourth-order valence-electron chi connectivity index (χ4n) is 4.80. The topological polar surface area (TPSA) is 47.4 Å². The van der Waals surface area contributed by atoms with Crippen molar-refractivity contribution in [3.63, 3.8) is 0 Å². The van der Waals surface area contributed by atoms with Crippen LogP contribution >= 0.6 is 0 Å². The summed E-state index contributed by atoms with van der Waals surface area (Å²) in [6.45, 7) is 5.92. The van der Waals surface area contributed by atoms with Crippen LogP contribution in [0.25, 0.3) is 21.8 Å². The molecule has 4 aromatic rings. The van der Waals surface area contributed by atoms with E-state index in [1.54, 1.807) is 0 Å². The second-order valence-electron chi connectivity index (χ2n) is 8.90. The van der Waals surface area contributed by atoms with Gasteiger partial charge in [-0.15, -0.1) is 0 Å². The highest BCUT2D eigenvalue weighted by atomic mass is 16.5. The average molecular weight is 428 g/mol. The van der Waals surface area contributed by atoms with Crippen LogP contribution in [-0.4, -0.2) is 40.1 Å². The van der Waals surface area contributed by atoms with Gasteiger partial charge in [-0.3, -0.25) is 4.79 Å². The predicted octanol–water partition coefficient (Wildman–Crippen LogP) is 5.56. The summed E-state index contributed by atoms with van der Waals surface area (Å²) in [6, 6.07) is 22.7. The van der Waals surface area contributed by atoms with E-state index in [0.29, 0.717) is 12.6 Å². The molecule has 1 saturated heterocycles. The van der Waals surface area contributed by atoms with E-state index in [1.807, 2.05) is 41.3 Å². The lowest BCUT2D eigenvalue weighted by atomic mass is 9.96. The highest BCUT2D eigenvalue weighted by Crippen LogP contribution is 2.31. The van der Waals surface area contributed by atoms with Gasteiger partial charge in [0, 0.05) is 25.0 Å².